The van der Waals surface area contributed by atoms with Gasteiger partial charge < -0.3 is 14.6 Å². The molecular weight excluding hydrogens is 452 g/mol. The highest BCUT2D eigenvalue weighted by Crippen LogP contribution is 2.33. The van der Waals surface area contributed by atoms with Gasteiger partial charge in [0.1, 0.15) is 17.9 Å². The van der Waals surface area contributed by atoms with Crippen LogP contribution in [-0.2, 0) is 4.79 Å². The molecule has 4 aromatic rings. The van der Waals surface area contributed by atoms with E-state index in [2.05, 4.69) is 32.7 Å². The molecule has 0 saturated carbocycles. The van der Waals surface area contributed by atoms with Crippen LogP contribution in [0.25, 0.3) is 21.6 Å². The molecule has 0 spiro atoms. The van der Waals surface area contributed by atoms with Crippen LogP contribution in [-0.4, -0.2) is 61.5 Å². The van der Waals surface area contributed by atoms with Gasteiger partial charge >= 0.3 is 0 Å². The van der Waals surface area contributed by atoms with Crippen molar-refractivity contribution in [3.63, 3.8) is 0 Å². The van der Waals surface area contributed by atoms with Crippen LogP contribution in [0.1, 0.15) is 28.2 Å². The Bertz CT molecular complexity index is 1440. The summed E-state index contributed by atoms with van der Waals surface area (Å²) in [7, 11) is 1.49. The van der Waals surface area contributed by atoms with Crippen molar-refractivity contribution < 1.29 is 14.3 Å². The summed E-state index contributed by atoms with van der Waals surface area (Å²) in [4.78, 5) is 40.5. The van der Waals surface area contributed by atoms with Crippen molar-refractivity contribution in [3.05, 3.63) is 71.6 Å². The highest BCUT2D eigenvalue weighted by Gasteiger charge is 2.31. The van der Waals surface area contributed by atoms with E-state index in [1.165, 1.54) is 30.5 Å². The van der Waals surface area contributed by atoms with E-state index in [1.54, 1.807) is 11.8 Å². The number of benzene rings is 1. The third-order valence-corrected chi connectivity index (χ3v) is 6.45. The van der Waals surface area contributed by atoms with Crippen molar-refractivity contribution in [2.75, 3.05) is 20.2 Å². The highest BCUT2D eigenvalue weighted by molar-refractivity contribution is 7.90. The number of aromatic nitrogens is 5. The molecule has 1 aliphatic rings. The lowest BCUT2D eigenvalue weighted by Crippen LogP contribution is -2.34. The van der Waals surface area contributed by atoms with Crippen molar-refractivity contribution in [2.45, 2.75) is 13.3 Å². The summed E-state index contributed by atoms with van der Waals surface area (Å²) in [6, 6.07) is 9.79. The second kappa shape index (κ2) is 8.79. The van der Waals surface area contributed by atoms with Crippen LogP contribution in [0.2, 0.25) is 0 Å². The second-order valence-electron chi connectivity index (χ2n) is 7.96. The van der Waals surface area contributed by atoms with Gasteiger partial charge in [-0.25, -0.2) is 14.6 Å². The van der Waals surface area contributed by atoms with Crippen molar-refractivity contribution in [1.29, 1.82) is 0 Å². The van der Waals surface area contributed by atoms with Gasteiger partial charge in [-0.3, -0.25) is 9.59 Å². The first-order chi connectivity index (χ1) is 16.5. The summed E-state index contributed by atoms with van der Waals surface area (Å²) < 4.78 is 6.97. The summed E-state index contributed by atoms with van der Waals surface area (Å²) in [6.07, 6.45) is 5.23. The van der Waals surface area contributed by atoms with E-state index in [9.17, 15) is 9.59 Å². The molecule has 0 aliphatic carbocycles. The number of aromatic amines is 1. The Morgan fingerprint density at radius 2 is 1.97 bits per heavy atom. The average Bonchev–Trinajstić information content (AvgIpc) is 3.62. The second-order valence-corrected chi connectivity index (χ2v) is 8.41. The predicted molar refractivity (Wildman–Crippen MR) is 130 cm³/mol. The van der Waals surface area contributed by atoms with Gasteiger partial charge in [0.2, 0.25) is 0 Å². The van der Waals surface area contributed by atoms with Gasteiger partial charge in [-0.1, -0.05) is 30.3 Å². The van der Waals surface area contributed by atoms with Crippen LogP contribution in [0.3, 0.4) is 0 Å². The fourth-order valence-electron chi connectivity index (χ4n) is 4.14. The van der Waals surface area contributed by atoms with Gasteiger partial charge in [0, 0.05) is 24.2 Å². The largest absolute Gasteiger partial charge is 0.494 e. The Hall–Kier alpha value is -3.92. The molecule has 0 radical (unpaired) electrons. The third kappa shape index (κ3) is 3.75. The van der Waals surface area contributed by atoms with Gasteiger partial charge in [0.15, 0.2) is 5.82 Å². The van der Waals surface area contributed by atoms with E-state index in [-0.39, 0.29) is 5.56 Å². The van der Waals surface area contributed by atoms with Crippen LogP contribution >= 0.6 is 12.6 Å². The Morgan fingerprint density at radius 3 is 2.68 bits per heavy atom. The van der Waals surface area contributed by atoms with Crippen LogP contribution in [0.5, 0.6) is 5.75 Å². The van der Waals surface area contributed by atoms with Crippen molar-refractivity contribution >= 4 is 40.1 Å². The Balaban J connectivity index is 1.46. The maximum Gasteiger partial charge on any atom is 0.295 e. The van der Waals surface area contributed by atoms with Gasteiger partial charge in [-0.05, 0) is 24.5 Å². The number of aryl methyl sites for hydroxylation is 1. The van der Waals surface area contributed by atoms with Gasteiger partial charge in [0.25, 0.3) is 11.7 Å². The van der Waals surface area contributed by atoms with Gasteiger partial charge in [-0.15, -0.1) is 12.6 Å². The number of H-pyrrole nitrogens is 1. The number of amides is 1. The van der Waals surface area contributed by atoms with Crippen LogP contribution < -0.4 is 4.74 Å². The molecule has 9 nitrogen and oxygen atoms in total. The van der Waals surface area contributed by atoms with E-state index in [0.717, 1.165) is 16.0 Å². The molecular formula is C24H22N6O3S. The summed E-state index contributed by atoms with van der Waals surface area (Å²) in [6.45, 7) is 2.59. The lowest BCUT2D eigenvalue weighted by atomic mass is 10.1. The van der Waals surface area contributed by atoms with E-state index >= 15 is 0 Å². The first kappa shape index (κ1) is 21.9. The number of ketones is 1. The fourth-order valence-corrected chi connectivity index (χ4v) is 4.48. The SMILES string of the molecule is COc1cnc(-n2cnc(C)n2)c2[nH]cc(C(=O)C(=O)N3CC/C(=C(\S)c4ccccc4)C3)c12. The number of carbonyl (C=O) groups is 2. The van der Waals surface area contributed by atoms with Crippen LogP contribution in [0.15, 0.2) is 54.6 Å². The fraction of sp³-hybridized carbons (Fsp3) is 0.208. The Morgan fingerprint density at radius 1 is 1.18 bits per heavy atom. The number of likely N-dealkylation sites (tertiary alicyclic amines) is 1. The molecule has 5 rings (SSSR count). The number of nitrogens with zero attached hydrogens (tertiary/aromatic N) is 5. The average molecular weight is 475 g/mol. The Labute approximate surface area is 200 Å². The number of nitrogens with one attached hydrogen (secondary N) is 1. The summed E-state index contributed by atoms with van der Waals surface area (Å²) in [5, 5.41) is 4.78. The molecule has 0 unspecified atom stereocenters. The van der Waals surface area contributed by atoms with Crippen molar-refractivity contribution in [2.24, 2.45) is 0 Å². The predicted octanol–water partition coefficient (Wildman–Crippen LogP) is 3.22. The molecule has 172 valence electrons. The molecule has 34 heavy (non-hydrogen) atoms. The Kier molecular flexibility index (Phi) is 5.66. The number of pyridine rings is 1. The molecule has 0 bridgehead atoms. The number of ether oxygens (including phenoxy) is 1. The van der Waals surface area contributed by atoms with Gasteiger partial charge in [-0.2, -0.15) is 5.10 Å². The molecule has 1 aliphatic heterocycles. The van der Waals surface area contributed by atoms with Crippen molar-refractivity contribution in [1.82, 2.24) is 29.6 Å². The minimum absolute atomic E-state index is 0.226. The normalized spacial score (nSPS) is 15.1. The molecule has 1 amide bonds. The summed E-state index contributed by atoms with van der Waals surface area (Å²) in [5.41, 5.74) is 2.78. The number of Topliss-reactive ketones (excluding diaryl/α,β-unsaturated/α-hetero) is 1. The number of thiol groups is 1. The lowest BCUT2D eigenvalue weighted by Gasteiger charge is -2.14. The lowest BCUT2D eigenvalue weighted by molar-refractivity contribution is -0.125. The molecule has 10 heteroatoms. The first-order valence-corrected chi connectivity index (χ1v) is 11.2. The minimum atomic E-state index is -0.613. The number of rotatable bonds is 5. The third-order valence-electron chi connectivity index (χ3n) is 5.87. The van der Waals surface area contributed by atoms with E-state index in [4.69, 9.17) is 4.74 Å². The zero-order chi connectivity index (χ0) is 23.8. The van der Waals surface area contributed by atoms with Crippen molar-refractivity contribution in [3.8, 4) is 11.6 Å². The molecule has 0 atom stereocenters. The number of methoxy groups -OCH3 is 1. The van der Waals surface area contributed by atoms with E-state index in [1.807, 2.05) is 30.3 Å². The summed E-state index contributed by atoms with van der Waals surface area (Å²) >= 11 is 4.67. The van der Waals surface area contributed by atoms with Gasteiger partial charge in [0.05, 0.1) is 29.8 Å². The molecule has 1 fully saturated rings. The smallest absolute Gasteiger partial charge is 0.295 e. The quantitative estimate of drug-likeness (QED) is 0.261. The highest BCUT2D eigenvalue weighted by atomic mass is 32.1. The minimum Gasteiger partial charge on any atom is -0.494 e. The topological polar surface area (TPSA) is 106 Å². The monoisotopic (exact) mass is 474 g/mol. The molecule has 1 N–H and O–H groups in total. The van der Waals surface area contributed by atoms with E-state index < -0.39 is 11.7 Å². The number of fused-ring (bicyclic) bond motifs is 1. The number of hydrogen-bond acceptors (Lipinski definition) is 7. The van der Waals surface area contributed by atoms with E-state index in [0.29, 0.717) is 47.8 Å². The standard InChI is InChI=1S/C24H22N6O3S/c1-14-27-13-30(28-14)23-20-19(18(33-2)11-26-23)17(10-25-20)21(31)24(32)29-9-8-16(12-29)22(34)15-6-4-3-5-7-15/h3-7,10-11,13,25,34H,8-9,12H2,1-2H3/b22-16+. The zero-order valence-electron chi connectivity index (χ0n) is 18.6. The number of carbonyl (C=O) groups excluding carboxylic acids is 2. The maximum absolute atomic E-state index is 13.3. The molecule has 3 aromatic heterocycles. The maximum atomic E-state index is 13.3. The zero-order valence-corrected chi connectivity index (χ0v) is 19.5. The first-order valence-electron chi connectivity index (χ1n) is 10.7. The molecule has 1 saturated heterocycles. The number of hydrogen-bond donors (Lipinski definition) is 2. The van der Waals surface area contributed by atoms with Crippen LogP contribution in [0.4, 0.5) is 0 Å². The summed E-state index contributed by atoms with van der Waals surface area (Å²) in [5.74, 6) is 0.245. The molecule has 4 heterocycles. The molecule has 1 aromatic carbocycles. The van der Waals surface area contributed by atoms with Crippen LogP contribution in [0, 0.1) is 6.92 Å².